The summed E-state index contributed by atoms with van der Waals surface area (Å²) in [6, 6.07) is 10.4. The van der Waals surface area contributed by atoms with Gasteiger partial charge in [0.15, 0.2) is 0 Å². The van der Waals surface area contributed by atoms with Crippen LogP contribution in [0.15, 0.2) is 36.5 Å². The van der Waals surface area contributed by atoms with Gasteiger partial charge in [-0.25, -0.2) is 15.0 Å². The number of aryl methyl sites for hydroxylation is 2. The maximum absolute atomic E-state index is 5.42. The zero-order valence-corrected chi connectivity index (χ0v) is 17.1. The smallest absolute Gasteiger partial charge is 0.227 e. The molecular formula is C21H25N5OS. The molecule has 1 aromatic carbocycles. The fourth-order valence-corrected chi connectivity index (χ4v) is 4.25. The Bertz CT molecular complexity index is 936. The van der Waals surface area contributed by atoms with Gasteiger partial charge in [-0.1, -0.05) is 12.1 Å². The molecule has 28 heavy (non-hydrogen) atoms. The second kappa shape index (κ2) is 8.77. The van der Waals surface area contributed by atoms with Crippen molar-refractivity contribution in [2.45, 2.75) is 20.3 Å². The number of nitrogens with zero attached hydrogens (tertiary/aromatic N) is 4. The van der Waals surface area contributed by atoms with Crippen molar-refractivity contribution >= 4 is 23.0 Å². The normalized spacial score (nSPS) is 14.9. The van der Waals surface area contributed by atoms with E-state index in [0.717, 1.165) is 66.2 Å². The van der Waals surface area contributed by atoms with Crippen molar-refractivity contribution < 1.29 is 4.74 Å². The van der Waals surface area contributed by atoms with Crippen LogP contribution in [0, 0.1) is 13.8 Å². The van der Waals surface area contributed by atoms with Crippen LogP contribution in [0.1, 0.15) is 16.3 Å². The van der Waals surface area contributed by atoms with E-state index in [1.54, 1.807) is 17.5 Å². The molecule has 0 spiro atoms. The third-order valence-electron chi connectivity index (χ3n) is 4.80. The summed E-state index contributed by atoms with van der Waals surface area (Å²) in [5.74, 6) is 0.605. The van der Waals surface area contributed by atoms with Crippen LogP contribution in [0.5, 0.6) is 0 Å². The molecule has 7 heteroatoms. The summed E-state index contributed by atoms with van der Waals surface area (Å²) in [7, 11) is 0. The predicted octanol–water partition coefficient (Wildman–Crippen LogP) is 3.84. The average Bonchev–Trinajstić information content (AvgIpc) is 3.06. The van der Waals surface area contributed by atoms with Crippen LogP contribution in [0.3, 0.4) is 0 Å². The van der Waals surface area contributed by atoms with Crippen molar-refractivity contribution in [3.8, 4) is 10.6 Å². The van der Waals surface area contributed by atoms with E-state index in [2.05, 4.69) is 49.4 Å². The second-order valence-corrected chi connectivity index (χ2v) is 8.15. The first-order chi connectivity index (χ1) is 13.7. The van der Waals surface area contributed by atoms with Gasteiger partial charge in [0.2, 0.25) is 5.95 Å². The lowest BCUT2D eigenvalue weighted by Gasteiger charge is -2.26. The van der Waals surface area contributed by atoms with Crippen LogP contribution < -0.4 is 5.32 Å². The van der Waals surface area contributed by atoms with Gasteiger partial charge >= 0.3 is 0 Å². The van der Waals surface area contributed by atoms with Crippen LogP contribution in [-0.4, -0.2) is 52.7 Å². The lowest BCUT2D eigenvalue weighted by Crippen LogP contribution is -2.37. The summed E-state index contributed by atoms with van der Waals surface area (Å²) in [5, 5.41) is 4.40. The fraction of sp³-hybridized carbons (Fsp3) is 0.381. The molecule has 3 heterocycles. The van der Waals surface area contributed by atoms with Gasteiger partial charge in [-0.05, 0) is 44.0 Å². The Hall–Kier alpha value is -2.35. The molecule has 146 valence electrons. The van der Waals surface area contributed by atoms with E-state index in [1.165, 1.54) is 5.56 Å². The Labute approximate surface area is 169 Å². The zero-order valence-electron chi connectivity index (χ0n) is 16.3. The molecule has 0 atom stereocenters. The standard InChI is InChI=1S/C21H25N5OS/c1-15-20(28-16(2)23-15)19-6-8-22-21(25-19)24-18-5-3-4-17(14-18)7-9-26-10-12-27-13-11-26/h3-6,8,14H,7,9-13H2,1-2H3,(H,22,24,25). The third kappa shape index (κ3) is 4.73. The molecule has 0 saturated carbocycles. The topological polar surface area (TPSA) is 63.2 Å². The molecule has 6 nitrogen and oxygen atoms in total. The van der Waals surface area contributed by atoms with Crippen molar-refractivity contribution in [2.24, 2.45) is 0 Å². The summed E-state index contributed by atoms with van der Waals surface area (Å²) in [6.07, 6.45) is 2.82. The zero-order chi connectivity index (χ0) is 19.3. The third-order valence-corrected chi connectivity index (χ3v) is 5.89. The van der Waals surface area contributed by atoms with E-state index in [9.17, 15) is 0 Å². The highest BCUT2D eigenvalue weighted by molar-refractivity contribution is 7.15. The Kier molecular flexibility index (Phi) is 5.95. The minimum Gasteiger partial charge on any atom is -0.379 e. The number of aromatic nitrogens is 3. The molecule has 4 rings (SSSR count). The van der Waals surface area contributed by atoms with Gasteiger partial charge in [0.25, 0.3) is 0 Å². The van der Waals surface area contributed by atoms with E-state index in [-0.39, 0.29) is 0 Å². The predicted molar refractivity (Wildman–Crippen MR) is 113 cm³/mol. The molecule has 2 aromatic heterocycles. The van der Waals surface area contributed by atoms with Gasteiger partial charge in [0.1, 0.15) is 0 Å². The maximum Gasteiger partial charge on any atom is 0.227 e. The Morgan fingerprint density at radius 1 is 1.14 bits per heavy atom. The molecule has 1 saturated heterocycles. The summed E-state index contributed by atoms with van der Waals surface area (Å²) in [5.41, 5.74) is 4.23. The molecule has 0 amide bonds. The van der Waals surface area contributed by atoms with E-state index < -0.39 is 0 Å². The van der Waals surface area contributed by atoms with Gasteiger partial charge in [-0.2, -0.15) is 0 Å². The van der Waals surface area contributed by atoms with Crippen LogP contribution in [0.4, 0.5) is 11.6 Å². The van der Waals surface area contributed by atoms with Gasteiger partial charge in [-0.15, -0.1) is 11.3 Å². The minimum atomic E-state index is 0.605. The molecular weight excluding hydrogens is 370 g/mol. The SMILES string of the molecule is Cc1nc(C)c(-c2ccnc(Nc3cccc(CCN4CCOCC4)c3)n2)s1. The van der Waals surface area contributed by atoms with Crippen molar-refractivity contribution in [3.05, 3.63) is 52.8 Å². The summed E-state index contributed by atoms with van der Waals surface area (Å²) in [4.78, 5) is 17.1. The number of hydrogen-bond donors (Lipinski definition) is 1. The summed E-state index contributed by atoms with van der Waals surface area (Å²) < 4.78 is 5.42. The summed E-state index contributed by atoms with van der Waals surface area (Å²) in [6.45, 7) is 8.82. The average molecular weight is 396 g/mol. The first kappa shape index (κ1) is 19.0. The quantitative estimate of drug-likeness (QED) is 0.684. The van der Waals surface area contributed by atoms with E-state index in [0.29, 0.717) is 5.95 Å². The van der Waals surface area contributed by atoms with Crippen LogP contribution in [0.25, 0.3) is 10.6 Å². The van der Waals surface area contributed by atoms with Crippen molar-refractivity contribution in [1.82, 2.24) is 19.9 Å². The molecule has 1 N–H and O–H groups in total. The van der Waals surface area contributed by atoms with Crippen LogP contribution >= 0.6 is 11.3 Å². The number of morpholine rings is 1. The van der Waals surface area contributed by atoms with Crippen molar-refractivity contribution in [1.29, 1.82) is 0 Å². The number of rotatable bonds is 6. The number of thiazole rings is 1. The minimum absolute atomic E-state index is 0.605. The van der Waals surface area contributed by atoms with Crippen molar-refractivity contribution in [3.63, 3.8) is 0 Å². The molecule has 0 unspecified atom stereocenters. The number of nitrogens with one attached hydrogen (secondary N) is 1. The molecule has 1 aliphatic heterocycles. The number of hydrogen-bond acceptors (Lipinski definition) is 7. The second-order valence-electron chi connectivity index (χ2n) is 6.94. The Morgan fingerprint density at radius 3 is 2.79 bits per heavy atom. The van der Waals surface area contributed by atoms with E-state index in [4.69, 9.17) is 4.74 Å². The number of ether oxygens (including phenoxy) is 1. The fourth-order valence-electron chi connectivity index (χ4n) is 3.36. The number of anilines is 2. The molecule has 0 aliphatic carbocycles. The molecule has 3 aromatic rings. The first-order valence-electron chi connectivity index (χ1n) is 9.61. The van der Waals surface area contributed by atoms with Gasteiger partial charge in [-0.3, -0.25) is 4.90 Å². The Balaban J connectivity index is 1.44. The highest BCUT2D eigenvalue weighted by Gasteiger charge is 2.11. The van der Waals surface area contributed by atoms with Gasteiger partial charge < -0.3 is 10.1 Å². The Morgan fingerprint density at radius 2 is 2.00 bits per heavy atom. The van der Waals surface area contributed by atoms with Crippen LogP contribution in [-0.2, 0) is 11.2 Å². The van der Waals surface area contributed by atoms with Gasteiger partial charge in [0.05, 0.1) is 34.5 Å². The monoisotopic (exact) mass is 395 g/mol. The lowest BCUT2D eigenvalue weighted by atomic mass is 10.1. The first-order valence-corrected chi connectivity index (χ1v) is 10.4. The largest absolute Gasteiger partial charge is 0.379 e. The van der Waals surface area contributed by atoms with Crippen molar-refractivity contribution in [2.75, 3.05) is 38.2 Å². The lowest BCUT2D eigenvalue weighted by molar-refractivity contribution is 0.0384. The van der Waals surface area contributed by atoms with Crippen LogP contribution in [0.2, 0.25) is 0 Å². The van der Waals surface area contributed by atoms with Gasteiger partial charge in [0, 0.05) is 31.5 Å². The molecule has 0 radical (unpaired) electrons. The highest BCUT2D eigenvalue weighted by atomic mass is 32.1. The maximum atomic E-state index is 5.42. The molecule has 1 aliphatic rings. The molecule has 1 fully saturated rings. The van der Waals surface area contributed by atoms with E-state index in [1.807, 2.05) is 19.9 Å². The highest BCUT2D eigenvalue weighted by Crippen LogP contribution is 2.28. The summed E-state index contributed by atoms with van der Waals surface area (Å²) >= 11 is 1.66. The number of benzene rings is 1. The van der Waals surface area contributed by atoms with E-state index >= 15 is 0 Å². The molecule has 0 bridgehead atoms.